The minimum absolute atomic E-state index is 0.156. The number of rotatable bonds is 4. The molecule has 2 aromatic rings. The lowest BCUT2D eigenvalue weighted by atomic mass is 10.1. The first-order chi connectivity index (χ1) is 9.51. The van der Waals surface area contributed by atoms with Crippen LogP contribution in [0.25, 0.3) is 0 Å². The third-order valence-corrected chi connectivity index (χ3v) is 3.57. The lowest BCUT2D eigenvalue weighted by Crippen LogP contribution is -2.01. The zero-order chi connectivity index (χ0) is 14.7. The summed E-state index contributed by atoms with van der Waals surface area (Å²) < 4.78 is 32.6. The lowest BCUT2D eigenvalue weighted by Gasteiger charge is -2.14. The van der Waals surface area contributed by atoms with Gasteiger partial charge in [0.05, 0.1) is 5.88 Å². The van der Waals surface area contributed by atoms with Crippen molar-refractivity contribution in [3.8, 4) is 5.75 Å². The molecule has 0 N–H and O–H groups in total. The van der Waals surface area contributed by atoms with Crippen molar-refractivity contribution >= 4 is 27.5 Å². The van der Waals surface area contributed by atoms with Crippen LogP contribution >= 0.6 is 27.5 Å². The molecule has 0 unspecified atom stereocenters. The molecule has 0 amide bonds. The van der Waals surface area contributed by atoms with Crippen LogP contribution in [0.2, 0.25) is 0 Å². The summed E-state index contributed by atoms with van der Waals surface area (Å²) in [5.41, 5.74) is 2.34. The minimum Gasteiger partial charge on any atom is -0.488 e. The fourth-order valence-corrected chi connectivity index (χ4v) is 2.71. The van der Waals surface area contributed by atoms with Gasteiger partial charge in [-0.15, -0.1) is 11.6 Å². The van der Waals surface area contributed by atoms with Crippen LogP contribution in [0.4, 0.5) is 8.78 Å². The molecule has 2 aromatic carbocycles. The van der Waals surface area contributed by atoms with E-state index in [2.05, 4.69) is 15.9 Å². The van der Waals surface area contributed by atoms with E-state index in [1.807, 2.05) is 19.1 Å². The van der Waals surface area contributed by atoms with Crippen molar-refractivity contribution in [1.29, 1.82) is 0 Å². The molecule has 0 aliphatic rings. The van der Waals surface area contributed by atoms with E-state index in [9.17, 15) is 8.78 Å². The van der Waals surface area contributed by atoms with E-state index in [1.54, 1.807) is 0 Å². The summed E-state index contributed by atoms with van der Waals surface area (Å²) in [6.45, 7) is 2.06. The zero-order valence-electron chi connectivity index (χ0n) is 10.7. The summed E-state index contributed by atoms with van der Waals surface area (Å²) in [6.07, 6.45) is 0. The van der Waals surface area contributed by atoms with Gasteiger partial charge in [-0.2, -0.15) is 0 Å². The van der Waals surface area contributed by atoms with Gasteiger partial charge in [-0.25, -0.2) is 8.78 Å². The minimum atomic E-state index is -0.879. The van der Waals surface area contributed by atoms with Gasteiger partial charge in [0.15, 0.2) is 11.6 Å². The zero-order valence-corrected chi connectivity index (χ0v) is 13.1. The van der Waals surface area contributed by atoms with Crippen LogP contribution in [-0.4, -0.2) is 0 Å². The molecule has 1 nitrogen and oxygen atoms in total. The van der Waals surface area contributed by atoms with Gasteiger partial charge in [0.2, 0.25) is 0 Å². The van der Waals surface area contributed by atoms with E-state index in [-0.39, 0.29) is 6.61 Å². The third kappa shape index (κ3) is 3.49. The highest BCUT2D eigenvalue weighted by Gasteiger charge is 2.09. The summed E-state index contributed by atoms with van der Waals surface area (Å²) in [4.78, 5) is 0. The molecular weight excluding hydrogens is 350 g/mol. The van der Waals surface area contributed by atoms with E-state index in [0.717, 1.165) is 27.7 Å². The largest absolute Gasteiger partial charge is 0.488 e. The molecule has 0 heterocycles. The maximum absolute atomic E-state index is 13.1. The number of halogens is 4. The van der Waals surface area contributed by atoms with Crippen molar-refractivity contribution in [3.63, 3.8) is 0 Å². The van der Waals surface area contributed by atoms with Crippen LogP contribution in [0.15, 0.2) is 34.8 Å². The molecule has 5 heteroatoms. The van der Waals surface area contributed by atoms with Crippen LogP contribution < -0.4 is 4.74 Å². The normalized spacial score (nSPS) is 10.7. The van der Waals surface area contributed by atoms with E-state index in [0.29, 0.717) is 17.2 Å². The van der Waals surface area contributed by atoms with Gasteiger partial charge >= 0.3 is 0 Å². The molecule has 0 aromatic heterocycles. The van der Waals surface area contributed by atoms with Gasteiger partial charge in [-0.05, 0) is 42.3 Å². The first-order valence-corrected chi connectivity index (χ1v) is 7.25. The molecular formula is C15H12BrClF2O. The van der Waals surface area contributed by atoms with Gasteiger partial charge in [-0.1, -0.05) is 22.0 Å². The fraction of sp³-hybridized carbons (Fsp3) is 0.200. The first-order valence-electron chi connectivity index (χ1n) is 5.93. The number of alkyl halides is 1. The maximum atomic E-state index is 13.1. The highest BCUT2D eigenvalue weighted by atomic mass is 79.9. The molecule has 2 rings (SSSR count). The summed E-state index contributed by atoms with van der Waals surface area (Å²) in [7, 11) is 0. The predicted molar refractivity (Wildman–Crippen MR) is 79.1 cm³/mol. The Kier molecular flexibility index (Phi) is 5.00. The summed E-state index contributed by atoms with van der Waals surface area (Å²) in [6, 6.07) is 7.50. The molecule has 0 radical (unpaired) electrons. The molecule has 0 bridgehead atoms. The van der Waals surface area contributed by atoms with Gasteiger partial charge in [0.25, 0.3) is 0 Å². The number of ether oxygens (including phenoxy) is 1. The fourth-order valence-electron chi connectivity index (χ4n) is 1.89. The maximum Gasteiger partial charge on any atom is 0.159 e. The number of hydrogen-bond acceptors (Lipinski definition) is 1. The summed E-state index contributed by atoms with van der Waals surface area (Å²) >= 11 is 9.29. The second-order valence-corrected chi connectivity index (χ2v) is 5.56. The van der Waals surface area contributed by atoms with Crippen LogP contribution in [0.3, 0.4) is 0 Å². The van der Waals surface area contributed by atoms with Crippen molar-refractivity contribution in [3.05, 3.63) is 63.1 Å². The SMILES string of the molecule is Cc1cc(Br)cc(CCl)c1OCc1ccc(F)c(F)c1. The van der Waals surface area contributed by atoms with Crippen LogP contribution in [0.5, 0.6) is 5.75 Å². The third-order valence-electron chi connectivity index (χ3n) is 2.83. The molecule has 0 aliphatic heterocycles. The van der Waals surface area contributed by atoms with Crippen LogP contribution in [0, 0.1) is 18.6 Å². The Hall–Kier alpha value is -1.13. The summed E-state index contributed by atoms with van der Waals surface area (Å²) in [5.74, 6) is -0.757. The Balaban J connectivity index is 2.20. The Morgan fingerprint density at radius 1 is 1.15 bits per heavy atom. The number of aryl methyl sites for hydroxylation is 1. The second-order valence-electron chi connectivity index (χ2n) is 4.38. The Morgan fingerprint density at radius 2 is 1.90 bits per heavy atom. The van der Waals surface area contributed by atoms with E-state index in [1.165, 1.54) is 6.07 Å². The van der Waals surface area contributed by atoms with Crippen molar-refractivity contribution in [2.45, 2.75) is 19.4 Å². The van der Waals surface area contributed by atoms with E-state index in [4.69, 9.17) is 16.3 Å². The monoisotopic (exact) mass is 360 g/mol. The average molecular weight is 362 g/mol. The van der Waals surface area contributed by atoms with Crippen molar-refractivity contribution in [1.82, 2.24) is 0 Å². The number of hydrogen-bond donors (Lipinski definition) is 0. The molecule has 0 aliphatic carbocycles. The van der Waals surface area contributed by atoms with Gasteiger partial charge in [0, 0.05) is 10.0 Å². The molecule has 20 heavy (non-hydrogen) atoms. The van der Waals surface area contributed by atoms with Crippen LogP contribution in [-0.2, 0) is 12.5 Å². The van der Waals surface area contributed by atoms with Crippen molar-refractivity contribution in [2.75, 3.05) is 0 Å². The molecule has 0 saturated carbocycles. The quantitative estimate of drug-likeness (QED) is 0.667. The van der Waals surface area contributed by atoms with Crippen molar-refractivity contribution in [2.24, 2.45) is 0 Å². The van der Waals surface area contributed by atoms with Gasteiger partial charge < -0.3 is 4.74 Å². The molecule has 0 fully saturated rings. The lowest BCUT2D eigenvalue weighted by molar-refractivity contribution is 0.300. The Labute approximate surface area is 129 Å². The van der Waals surface area contributed by atoms with Gasteiger partial charge in [0.1, 0.15) is 12.4 Å². The van der Waals surface area contributed by atoms with Gasteiger partial charge in [-0.3, -0.25) is 0 Å². The molecule has 106 valence electrons. The number of benzene rings is 2. The molecule has 0 spiro atoms. The molecule has 0 atom stereocenters. The highest BCUT2D eigenvalue weighted by molar-refractivity contribution is 9.10. The topological polar surface area (TPSA) is 9.23 Å². The predicted octanol–water partition coefficient (Wildman–Crippen LogP) is 5.35. The second kappa shape index (κ2) is 6.55. The Bertz CT molecular complexity index is 632. The van der Waals surface area contributed by atoms with E-state index < -0.39 is 11.6 Å². The van der Waals surface area contributed by atoms with Crippen LogP contribution in [0.1, 0.15) is 16.7 Å². The average Bonchev–Trinajstić information content (AvgIpc) is 2.40. The molecule has 0 saturated heterocycles. The summed E-state index contributed by atoms with van der Waals surface area (Å²) in [5, 5.41) is 0. The smallest absolute Gasteiger partial charge is 0.159 e. The van der Waals surface area contributed by atoms with Crippen molar-refractivity contribution < 1.29 is 13.5 Å². The standard InChI is InChI=1S/C15H12BrClF2O/c1-9-4-12(16)6-11(7-17)15(9)20-8-10-2-3-13(18)14(19)5-10/h2-6H,7-8H2,1H3. The highest BCUT2D eigenvalue weighted by Crippen LogP contribution is 2.30. The van der Waals surface area contributed by atoms with E-state index >= 15 is 0 Å². The Morgan fingerprint density at radius 3 is 2.55 bits per heavy atom. The first kappa shape index (κ1) is 15.3.